The molecule has 2 atom stereocenters. The third-order valence-electron chi connectivity index (χ3n) is 5.02. The maximum Gasteiger partial charge on any atom is 0.280 e. The number of carbonyl (C=O) groups excluding carboxylic acids is 1. The molecule has 1 saturated heterocycles. The van der Waals surface area contributed by atoms with Crippen LogP contribution in [0.5, 0.6) is 0 Å². The highest BCUT2D eigenvalue weighted by Gasteiger charge is 2.41. The second kappa shape index (κ2) is 8.28. The summed E-state index contributed by atoms with van der Waals surface area (Å²) in [6, 6.07) is 5.92. The summed E-state index contributed by atoms with van der Waals surface area (Å²) in [6.45, 7) is 0. The van der Waals surface area contributed by atoms with Crippen LogP contribution >= 0.6 is 22.9 Å². The van der Waals surface area contributed by atoms with Gasteiger partial charge in [-0.05, 0) is 36.8 Å². The SMILES string of the molecule is CN1[C@H](C(=O)Nc2ccc(F)c(Cl)c2)C[C@H](c2ccc(-c3[nH]nc[n+]3C)s2)NS1(=O)=O. The molecule has 0 aliphatic carbocycles. The summed E-state index contributed by atoms with van der Waals surface area (Å²) in [5.74, 6) is -0.355. The van der Waals surface area contributed by atoms with Gasteiger partial charge in [0.15, 0.2) is 0 Å². The van der Waals surface area contributed by atoms with E-state index in [0.717, 1.165) is 26.0 Å². The number of aromatic nitrogens is 3. The smallest absolute Gasteiger partial charge is 0.280 e. The zero-order valence-corrected chi connectivity index (χ0v) is 18.9. The molecule has 164 valence electrons. The molecule has 0 unspecified atom stereocenters. The Morgan fingerprint density at radius 2 is 2.16 bits per heavy atom. The fourth-order valence-corrected chi connectivity index (χ4v) is 5.94. The Morgan fingerprint density at radius 1 is 1.39 bits per heavy atom. The van der Waals surface area contributed by atoms with E-state index in [2.05, 4.69) is 20.2 Å². The molecule has 9 nitrogen and oxygen atoms in total. The molecule has 0 spiro atoms. The number of hydrogen-bond donors (Lipinski definition) is 3. The van der Waals surface area contributed by atoms with E-state index in [4.69, 9.17) is 11.6 Å². The number of hydrogen-bond acceptors (Lipinski definition) is 5. The van der Waals surface area contributed by atoms with Gasteiger partial charge in [-0.25, -0.2) is 8.96 Å². The van der Waals surface area contributed by atoms with E-state index >= 15 is 0 Å². The number of thiophene rings is 1. The summed E-state index contributed by atoms with van der Waals surface area (Å²) >= 11 is 7.17. The highest BCUT2D eigenvalue weighted by molar-refractivity contribution is 7.87. The van der Waals surface area contributed by atoms with Crippen LogP contribution in [0.15, 0.2) is 36.7 Å². The third-order valence-corrected chi connectivity index (χ3v) is 8.11. The first-order chi connectivity index (χ1) is 14.7. The first-order valence-electron chi connectivity index (χ1n) is 9.16. The Bertz CT molecular complexity index is 1240. The lowest BCUT2D eigenvalue weighted by molar-refractivity contribution is -0.660. The highest BCUT2D eigenvalue weighted by atomic mass is 35.5. The van der Waals surface area contributed by atoms with Gasteiger partial charge in [0.05, 0.1) is 18.1 Å². The summed E-state index contributed by atoms with van der Waals surface area (Å²) < 4.78 is 44.1. The van der Waals surface area contributed by atoms with E-state index < -0.39 is 34.0 Å². The number of benzene rings is 1. The highest BCUT2D eigenvalue weighted by Crippen LogP contribution is 2.35. The van der Waals surface area contributed by atoms with Crippen molar-refractivity contribution in [1.29, 1.82) is 0 Å². The topological polar surface area (TPSA) is 111 Å². The number of aromatic amines is 1. The number of likely N-dealkylation sites (N-methyl/N-ethyl adjacent to an activating group) is 1. The minimum atomic E-state index is -3.90. The Hall–Kier alpha value is -2.38. The molecule has 3 N–H and O–H groups in total. The van der Waals surface area contributed by atoms with Gasteiger partial charge in [0.2, 0.25) is 5.91 Å². The second-order valence-electron chi connectivity index (χ2n) is 7.08. The lowest BCUT2D eigenvalue weighted by Gasteiger charge is -2.35. The van der Waals surface area contributed by atoms with E-state index in [1.807, 2.05) is 23.7 Å². The number of H-pyrrole nitrogens is 1. The third kappa shape index (κ3) is 4.34. The molecule has 1 amide bonds. The van der Waals surface area contributed by atoms with E-state index in [1.165, 1.54) is 30.5 Å². The molecule has 13 heteroatoms. The number of carbonyl (C=O) groups is 1. The Kier molecular flexibility index (Phi) is 5.83. The Morgan fingerprint density at radius 3 is 2.84 bits per heavy atom. The summed E-state index contributed by atoms with van der Waals surface area (Å²) in [5.41, 5.74) is 0.280. The minimum Gasteiger partial charge on any atom is -0.325 e. The van der Waals surface area contributed by atoms with Crippen LogP contribution in [0.3, 0.4) is 0 Å². The molecular weight excluding hydrogens is 467 g/mol. The van der Waals surface area contributed by atoms with Crippen LogP contribution in [-0.4, -0.2) is 41.9 Å². The summed E-state index contributed by atoms with van der Waals surface area (Å²) in [4.78, 5) is 14.5. The lowest BCUT2D eigenvalue weighted by atomic mass is 10.1. The molecule has 4 rings (SSSR count). The van der Waals surface area contributed by atoms with Crippen molar-refractivity contribution < 1.29 is 22.2 Å². The predicted molar refractivity (Wildman–Crippen MR) is 114 cm³/mol. The number of halogens is 2. The van der Waals surface area contributed by atoms with Crippen LogP contribution in [0.2, 0.25) is 5.02 Å². The molecule has 3 heterocycles. The van der Waals surface area contributed by atoms with Crippen LogP contribution < -0.4 is 14.6 Å². The van der Waals surface area contributed by atoms with Gasteiger partial charge in [0.25, 0.3) is 22.4 Å². The van der Waals surface area contributed by atoms with Crippen molar-refractivity contribution in [3.05, 3.63) is 52.4 Å². The molecule has 31 heavy (non-hydrogen) atoms. The molecule has 1 aromatic carbocycles. The Labute approximate surface area is 187 Å². The molecule has 0 radical (unpaired) electrons. The first-order valence-corrected chi connectivity index (χ1v) is 11.8. The van der Waals surface area contributed by atoms with Crippen molar-refractivity contribution in [3.8, 4) is 10.7 Å². The molecule has 1 aliphatic rings. The molecular formula is C18H19ClFN6O3S2+. The second-order valence-corrected chi connectivity index (χ2v) is 10.4. The average molecular weight is 486 g/mol. The van der Waals surface area contributed by atoms with Gasteiger partial charge in [-0.2, -0.15) is 17.4 Å². The van der Waals surface area contributed by atoms with Gasteiger partial charge in [0, 0.05) is 22.7 Å². The number of nitrogens with zero attached hydrogens (tertiary/aromatic N) is 3. The van der Waals surface area contributed by atoms with Crippen molar-refractivity contribution in [3.63, 3.8) is 0 Å². The maximum atomic E-state index is 13.4. The number of anilines is 1. The normalized spacial score (nSPS) is 21.2. The van der Waals surface area contributed by atoms with Crippen molar-refractivity contribution in [2.45, 2.75) is 18.5 Å². The average Bonchev–Trinajstić information content (AvgIpc) is 3.35. The van der Waals surface area contributed by atoms with Crippen molar-refractivity contribution in [2.24, 2.45) is 7.05 Å². The predicted octanol–water partition coefficient (Wildman–Crippen LogP) is 1.97. The number of nitrogens with one attached hydrogen (secondary N) is 3. The number of aryl methyl sites for hydroxylation is 1. The van der Waals surface area contributed by atoms with Crippen LogP contribution in [-0.2, 0) is 22.1 Å². The zero-order chi connectivity index (χ0) is 22.3. The molecule has 0 saturated carbocycles. The van der Waals surface area contributed by atoms with Gasteiger partial charge in [-0.3, -0.25) is 4.79 Å². The fourth-order valence-electron chi connectivity index (χ4n) is 3.31. The molecule has 0 bridgehead atoms. The minimum absolute atomic E-state index is 0.139. The lowest BCUT2D eigenvalue weighted by Crippen LogP contribution is -2.55. The van der Waals surface area contributed by atoms with Gasteiger partial charge >= 0.3 is 0 Å². The molecule has 1 fully saturated rings. The van der Waals surface area contributed by atoms with Crippen LogP contribution in [0, 0.1) is 5.82 Å². The number of rotatable bonds is 4. The summed E-state index contributed by atoms with van der Waals surface area (Å²) in [7, 11) is -0.711. The molecule has 1 aliphatic heterocycles. The summed E-state index contributed by atoms with van der Waals surface area (Å²) in [6.07, 6.45) is 1.85. The number of amides is 1. The van der Waals surface area contributed by atoms with Gasteiger partial charge in [0.1, 0.15) is 16.7 Å². The molecule has 3 aromatic rings. The van der Waals surface area contributed by atoms with Crippen LogP contribution in [0.1, 0.15) is 17.3 Å². The quantitative estimate of drug-likeness (QED) is 0.490. The van der Waals surface area contributed by atoms with Gasteiger partial charge in [-0.1, -0.05) is 11.6 Å². The fraction of sp³-hybridized carbons (Fsp3) is 0.278. The first kappa shape index (κ1) is 21.8. The van der Waals surface area contributed by atoms with E-state index in [9.17, 15) is 17.6 Å². The van der Waals surface area contributed by atoms with Crippen molar-refractivity contribution in [2.75, 3.05) is 12.4 Å². The zero-order valence-electron chi connectivity index (χ0n) is 16.5. The van der Waals surface area contributed by atoms with Crippen molar-refractivity contribution in [1.82, 2.24) is 19.2 Å². The summed E-state index contributed by atoms with van der Waals surface area (Å²) in [5, 5.41) is 9.36. The van der Waals surface area contributed by atoms with Crippen LogP contribution in [0.4, 0.5) is 10.1 Å². The van der Waals surface area contributed by atoms with Crippen LogP contribution in [0.25, 0.3) is 10.7 Å². The van der Waals surface area contributed by atoms with E-state index in [0.29, 0.717) is 0 Å². The Balaban J connectivity index is 1.58. The standard InChI is InChI=1S/C18H18ClFN6O3S2/c1-25-9-21-23-17(25)16-6-5-15(30-16)13-8-14(26(2)31(28,29)24-13)18(27)22-10-3-4-12(20)11(19)7-10/h3-7,9,13-14,24H,8H2,1-2H3,(H,22,27)/p+1/t13-,14+/m1/s1. The monoisotopic (exact) mass is 485 g/mol. The van der Waals surface area contributed by atoms with Crippen molar-refractivity contribution >= 4 is 44.7 Å². The van der Waals surface area contributed by atoms with Gasteiger partial charge in [-0.15, -0.1) is 16.4 Å². The molecule has 2 aromatic heterocycles. The largest absolute Gasteiger partial charge is 0.325 e. The van der Waals surface area contributed by atoms with Gasteiger partial charge < -0.3 is 5.32 Å². The van der Waals surface area contributed by atoms with E-state index in [-0.39, 0.29) is 17.1 Å². The maximum absolute atomic E-state index is 13.4. The van der Waals surface area contributed by atoms with E-state index in [1.54, 1.807) is 6.33 Å².